The minimum Gasteiger partial charge on any atom is -0.353 e. The molecular weight excluding hydrogens is 255 g/mol. The Morgan fingerprint density at radius 2 is 1.90 bits per heavy atom. The summed E-state index contributed by atoms with van der Waals surface area (Å²) in [6.07, 6.45) is 0. The molecule has 1 aromatic carbocycles. The number of hydrogen-bond donors (Lipinski definition) is 1. The Morgan fingerprint density at radius 1 is 1.10 bits per heavy atom. The number of rotatable bonds is 2. The summed E-state index contributed by atoms with van der Waals surface area (Å²) in [5.41, 5.74) is 2.28. The molecular formula is C15H17FN4. The molecule has 0 aliphatic carbocycles. The monoisotopic (exact) mass is 272 g/mol. The van der Waals surface area contributed by atoms with Gasteiger partial charge < -0.3 is 10.2 Å². The number of hydrogen-bond acceptors (Lipinski definition) is 4. The van der Waals surface area contributed by atoms with Crippen molar-refractivity contribution < 1.29 is 4.39 Å². The number of nitrogens with zero attached hydrogens (tertiary/aromatic N) is 3. The first-order chi connectivity index (χ1) is 9.74. The lowest BCUT2D eigenvalue weighted by molar-refractivity contribution is 0.583. The molecule has 1 aliphatic rings. The molecule has 0 unspecified atom stereocenters. The Morgan fingerprint density at radius 3 is 2.55 bits per heavy atom. The molecule has 1 N–H and O–H groups in total. The van der Waals surface area contributed by atoms with Crippen LogP contribution in [0.15, 0.2) is 30.3 Å². The fourth-order valence-electron chi connectivity index (χ4n) is 2.35. The SMILES string of the molecule is Cc1cc(-c2ccc(N3CCNCC3)nn2)ccc1F. The molecule has 20 heavy (non-hydrogen) atoms. The fourth-order valence-corrected chi connectivity index (χ4v) is 2.35. The second kappa shape index (κ2) is 5.54. The molecule has 3 rings (SSSR count). The summed E-state index contributed by atoms with van der Waals surface area (Å²) in [4.78, 5) is 2.21. The molecule has 0 amide bonds. The van der Waals surface area contributed by atoms with Gasteiger partial charge in [0.2, 0.25) is 0 Å². The Kier molecular flexibility index (Phi) is 3.60. The van der Waals surface area contributed by atoms with Gasteiger partial charge in [0.25, 0.3) is 0 Å². The van der Waals surface area contributed by atoms with Crippen LogP contribution in [-0.2, 0) is 0 Å². The highest BCUT2D eigenvalue weighted by atomic mass is 19.1. The fraction of sp³-hybridized carbons (Fsp3) is 0.333. The van der Waals surface area contributed by atoms with Crippen LogP contribution in [0.4, 0.5) is 10.2 Å². The van der Waals surface area contributed by atoms with Crippen LogP contribution >= 0.6 is 0 Å². The first kappa shape index (κ1) is 13.0. The van der Waals surface area contributed by atoms with Crippen LogP contribution in [0.1, 0.15) is 5.56 Å². The van der Waals surface area contributed by atoms with Crippen molar-refractivity contribution >= 4 is 5.82 Å². The molecule has 1 saturated heterocycles. The van der Waals surface area contributed by atoms with Crippen molar-refractivity contribution in [1.82, 2.24) is 15.5 Å². The van der Waals surface area contributed by atoms with Gasteiger partial charge in [0, 0.05) is 31.7 Å². The van der Waals surface area contributed by atoms with Crippen molar-refractivity contribution in [3.63, 3.8) is 0 Å². The van der Waals surface area contributed by atoms with Crippen LogP contribution in [0.5, 0.6) is 0 Å². The van der Waals surface area contributed by atoms with Crippen LogP contribution in [-0.4, -0.2) is 36.4 Å². The number of nitrogens with one attached hydrogen (secondary N) is 1. The third kappa shape index (κ3) is 2.63. The summed E-state index contributed by atoms with van der Waals surface area (Å²) in [6.45, 7) is 5.59. The minimum absolute atomic E-state index is 0.195. The summed E-state index contributed by atoms with van der Waals surface area (Å²) >= 11 is 0. The number of piperazine rings is 1. The van der Waals surface area contributed by atoms with E-state index in [9.17, 15) is 4.39 Å². The summed E-state index contributed by atoms with van der Waals surface area (Å²) in [7, 11) is 0. The van der Waals surface area contributed by atoms with E-state index in [0.717, 1.165) is 43.3 Å². The molecule has 1 aliphatic heterocycles. The van der Waals surface area contributed by atoms with E-state index in [0.29, 0.717) is 5.56 Å². The Balaban J connectivity index is 1.83. The van der Waals surface area contributed by atoms with Gasteiger partial charge in [-0.25, -0.2) is 4.39 Å². The lowest BCUT2D eigenvalue weighted by Crippen LogP contribution is -2.43. The van der Waals surface area contributed by atoms with Gasteiger partial charge in [-0.05, 0) is 42.8 Å². The zero-order valence-corrected chi connectivity index (χ0v) is 11.4. The van der Waals surface area contributed by atoms with Crippen LogP contribution in [0.2, 0.25) is 0 Å². The minimum atomic E-state index is -0.195. The molecule has 2 heterocycles. The van der Waals surface area contributed by atoms with Crippen LogP contribution in [0.3, 0.4) is 0 Å². The van der Waals surface area contributed by atoms with E-state index in [1.807, 2.05) is 12.1 Å². The normalized spacial score (nSPS) is 15.4. The van der Waals surface area contributed by atoms with Gasteiger partial charge in [-0.15, -0.1) is 10.2 Å². The summed E-state index contributed by atoms with van der Waals surface area (Å²) in [5.74, 6) is 0.702. The van der Waals surface area contributed by atoms with Crippen LogP contribution in [0.25, 0.3) is 11.3 Å². The van der Waals surface area contributed by atoms with Gasteiger partial charge in [0.1, 0.15) is 5.82 Å². The summed E-state index contributed by atoms with van der Waals surface area (Å²) in [6, 6.07) is 8.92. The zero-order valence-electron chi connectivity index (χ0n) is 11.4. The molecule has 1 fully saturated rings. The van der Waals surface area contributed by atoms with Crippen molar-refractivity contribution in [3.05, 3.63) is 41.7 Å². The van der Waals surface area contributed by atoms with E-state index in [1.165, 1.54) is 6.07 Å². The van der Waals surface area contributed by atoms with E-state index in [-0.39, 0.29) is 5.82 Å². The predicted octanol–water partition coefficient (Wildman–Crippen LogP) is 2.00. The van der Waals surface area contributed by atoms with Crippen LogP contribution < -0.4 is 10.2 Å². The van der Waals surface area contributed by atoms with Gasteiger partial charge in [0.15, 0.2) is 5.82 Å². The molecule has 2 aromatic rings. The topological polar surface area (TPSA) is 41.0 Å². The summed E-state index contributed by atoms with van der Waals surface area (Å²) in [5, 5.41) is 11.9. The highest BCUT2D eigenvalue weighted by molar-refractivity contribution is 5.60. The average Bonchev–Trinajstić information content (AvgIpc) is 2.51. The molecule has 4 nitrogen and oxygen atoms in total. The summed E-state index contributed by atoms with van der Waals surface area (Å²) < 4.78 is 13.3. The van der Waals surface area contributed by atoms with E-state index < -0.39 is 0 Å². The Bertz CT molecular complexity index is 591. The number of halogens is 1. The van der Waals surface area contributed by atoms with Gasteiger partial charge in [-0.1, -0.05) is 0 Å². The van der Waals surface area contributed by atoms with E-state index in [1.54, 1.807) is 19.1 Å². The van der Waals surface area contributed by atoms with Crippen molar-refractivity contribution in [2.75, 3.05) is 31.1 Å². The first-order valence-corrected chi connectivity index (χ1v) is 6.80. The van der Waals surface area contributed by atoms with E-state index in [4.69, 9.17) is 0 Å². The molecule has 0 saturated carbocycles. The highest BCUT2D eigenvalue weighted by Gasteiger charge is 2.12. The van der Waals surface area contributed by atoms with Gasteiger partial charge >= 0.3 is 0 Å². The number of aromatic nitrogens is 2. The number of anilines is 1. The van der Waals surface area contributed by atoms with Crippen molar-refractivity contribution in [1.29, 1.82) is 0 Å². The van der Waals surface area contributed by atoms with Gasteiger partial charge in [-0.3, -0.25) is 0 Å². The molecule has 0 atom stereocenters. The molecule has 1 aromatic heterocycles. The van der Waals surface area contributed by atoms with Crippen molar-refractivity contribution in [2.24, 2.45) is 0 Å². The Hall–Kier alpha value is -2.01. The molecule has 104 valence electrons. The molecule has 0 spiro atoms. The van der Waals surface area contributed by atoms with E-state index >= 15 is 0 Å². The van der Waals surface area contributed by atoms with E-state index in [2.05, 4.69) is 20.4 Å². The maximum Gasteiger partial charge on any atom is 0.151 e. The second-order valence-electron chi connectivity index (χ2n) is 4.98. The first-order valence-electron chi connectivity index (χ1n) is 6.80. The Labute approximate surface area is 117 Å². The third-order valence-corrected chi connectivity index (χ3v) is 3.55. The van der Waals surface area contributed by atoms with Gasteiger partial charge in [-0.2, -0.15) is 0 Å². The largest absolute Gasteiger partial charge is 0.353 e. The van der Waals surface area contributed by atoms with Crippen LogP contribution in [0, 0.1) is 12.7 Å². The smallest absolute Gasteiger partial charge is 0.151 e. The third-order valence-electron chi connectivity index (χ3n) is 3.55. The quantitative estimate of drug-likeness (QED) is 0.908. The maximum atomic E-state index is 13.3. The van der Waals surface area contributed by atoms with Crippen molar-refractivity contribution in [3.8, 4) is 11.3 Å². The standard InChI is InChI=1S/C15H17FN4/c1-11-10-12(2-3-13(11)16)14-4-5-15(19-18-14)20-8-6-17-7-9-20/h2-5,10,17H,6-9H2,1H3. The molecule has 0 bridgehead atoms. The maximum absolute atomic E-state index is 13.3. The zero-order chi connectivity index (χ0) is 13.9. The lowest BCUT2D eigenvalue weighted by Gasteiger charge is -2.27. The second-order valence-corrected chi connectivity index (χ2v) is 4.98. The number of benzene rings is 1. The molecule has 0 radical (unpaired) electrons. The highest BCUT2D eigenvalue weighted by Crippen LogP contribution is 2.21. The lowest BCUT2D eigenvalue weighted by atomic mass is 10.1. The average molecular weight is 272 g/mol. The molecule has 5 heteroatoms. The van der Waals surface area contributed by atoms with Crippen molar-refractivity contribution in [2.45, 2.75) is 6.92 Å². The van der Waals surface area contributed by atoms with Gasteiger partial charge in [0.05, 0.1) is 5.69 Å². The number of aryl methyl sites for hydroxylation is 1. The predicted molar refractivity (Wildman–Crippen MR) is 77.2 cm³/mol.